The summed E-state index contributed by atoms with van der Waals surface area (Å²) in [5, 5.41) is 2.97. The first kappa shape index (κ1) is 19.4. The van der Waals surface area contributed by atoms with E-state index in [4.69, 9.17) is 9.47 Å². The molecule has 1 atom stereocenters. The number of carbonyl (C=O) groups excluding carboxylic acids is 2. The molecule has 0 bridgehead atoms. The van der Waals surface area contributed by atoms with Gasteiger partial charge in [0.2, 0.25) is 5.91 Å². The summed E-state index contributed by atoms with van der Waals surface area (Å²) >= 11 is 0. The van der Waals surface area contributed by atoms with E-state index in [1.54, 1.807) is 20.3 Å². The first-order valence-electron chi connectivity index (χ1n) is 10.5. The summed E-state index contributed by atoms with van der Waals surface area (Å²) in [7, 11) is 3.16. The number of methoxy groups -OCH3 is 2. The van der Waals surface area contributed by atoms with E-state index in [1.807, 2.05) is 48.7 Å². The number of rotatable bonds is 5. The van der Waals surface area contributed by atoms with E-state index in [9.17, 15) is 9.59 Å². The van der Waals surface area contributed by atoms with Crippen molar-refractivity contribution in [3.8, 4) is 17.2 Å². The maximum absolute atomic E-state index is 13.3. The number of fused-ring (bicyclic) bond motifs is 3. The molecule has 1 aliphatic carbocycles. The first-order valence-corrected chi connectivity index (χ1v) is 10.5. The third-order valence-corrected chi connectivity index (χ3v) is 6.12. The van der Waals surface area contributed by atoms with Crippen LogP contribution in [0.15, 0.2) is 54.7 Å². The minimum Gasteiger partial charge on any atom is -0.493 e. The average Bonchev–Trinajstić information content (AvgIpc) is 3.55. The summed E-state index contributed by atoms with van der Waals surface area (Å²) in [6, 6.07) is 15.5. The Labute approximate surface area is 180 Å². The van der Waals surface area contributed by atoms with E-state index in [0.717, 1.165) is 35.5 Å². The number of nitrogens with one attached hydrogen (secondary N) is 1. The van der Waals surface area contributed by atoms with Gasteiger partial charge in [0.1, 0.15) is 0 Å². The third-order valence-electron chi connectivity index (χ3n) is 6.12. The van der Waals surface area contributed by atoms with Crippen LogP contribution in [0.2, 0.25) is 0 Å². The molecule has 3 aromatic rings. The van der Waals surface area contributed by atoms with Gasteiger partial charge in [0.05, 0.1) is 19.9 Å². The van der Waals surface area contributed by atoms with Crippen LogP contribution in [-0.2, 0) is 4.79 Å². The number of nitrogens with zero attached hydrogens (tertiary/aromatic N) is 1. The normalized spacial score (nSPS) is 17.4. The monoisotopic (exact) mass is 416 g/mol. The second-order valence-corrected chi connectivity index (χ2v) is 8.09. The number of benzene rings is 2. The average molecular weight is 416 g/mol. The van der Waals surface area contributed by atoms with Crippen molar-refractivity contribution in [2.45, 2.75) is 25.2 Å². The number of Topliss-reactive ketones (excluding diaryl/α,β-unsaturated/α-hetero) is 1. The molecular formula is C25H24N2O4. The fourth-order valence-electron chi connectivity index (χ4n) is 4.27. The van der Waals surface area contributed by atoms with E-state index in [0.29, 0.717) is 23.5 Å². The SMILES string of the molecule is COc1cc2c(cc1OC)-n1cccc1[C@@H](c1ccc(NC(=O)C3CC3)cc1)CC2=O. The summed E-state index contributed by atoms with van der Waals surface area (Å²) in [5.41, 5.74) is 4.26. The topological polar surface area (TPSA) is 69.6 Å². The van der Waals surface area contributed by atoms with Gasteiger partial charge in [0, 0.05) is 47.5 Å². The molecule has 31 heavy (non-hydrogen) atoms. The quantitative estimate of drug-likeness (QED) is 0.662. The second kappa shape index (κ2) is 7.61. The number of amides is 1. The molecule has 5 rings (SSSR count). The Kier molecular flexibility index (Phi) is 4.77. The minimum atomic E-state index is -0.0972. The highest BCUT2D eigenvalue weighted by Crippen LogP contribution is 2.40. The molecule has 0 spiro atoms. The van der Waals surface area contributed by atoms with Crippen molar-refractivity contribution < 1.29 is 19.1 Å². The lowest BCUT2D eigenvalue weighted by molar-refractivity contribution is -0.117. The summed E-state index contributed by atoms with van der Waals surface area (Å²) in [5.74, 6) is 1.33. The lowest BCUT2D eigenvalue weighted by Crippen LogP contribution is -2.13. The highest BCUT2D eigenvalue weighted by Gasteiger charge is 2.31. The van der Waals surface area contributed by atoms with Crippen LogP contribution in [0, 0.1) is 5.92 Å². The fraction of sp³-hybridized carbons (Fsp3) is 0.280. The number of aromatic nitrogens is 1. The number of anilines is 1. The molecular weight excluding hydrogens is 392 g/mol. The predicted molar refractivity (Wildman–Crippen MR) is 117 cm³/mol. The van der Waals surface area contributed by atoms with Gasteiger partial charge in [-0.3, -0.25) is 9.59 Å². The molecule has 6 heteroatoms. The van der Waals surface area contributed by atoms with Gasteiger partial charge in [0.15, 0.2) is 17.3 Å². The molecule has 2 aromatic carbocycles. The van der Waals surface area contributed by atoms with Crippen molar-refractivity contribution in [3.63, 3.8) is 0 Å². The van der Waals surface area contributed by atoms with Crippen LogP contribution in [-0.4, -0.2) is 30.5 Å². The van der Waals surface area contributed by atoms with Crippen molar-refractivity contribution in [2.75, 3.05) is 19.5 Å². The molecule has 0 unspecified atom stereocenters. The summed E-state index contributed by atoms with van der Waals surface area (Å²) < 4.78 is 12.9. The smallest absolute Gasteiger partial charge is 0.227 e. The maximum Gasteiger partial charge on any atom is 0.227 e. The molecule has 1 saturated carbocycles. The molecule has 2 aliphatic rings. The Morgan fingerprint density at radius 3 is 2.42 bits per heavy atom. The number of hydrogen-bond donors (Lipinski definition) is 1. The number of ketones is 1. The minimum absolute atomic E-state index is 0.0516. The molecule has 158 valence electrons. The van der Waals surface area contributed by atoms with E-state index in [-0.39, 0.29) is 23.5 Å². The van der Waals surface area contributed by atoms with Gasteiger partial charge in [-0.15, -0.1) is 0 Å². The summed E-state index contributed by atoms with van der Waals surface area (Å²) in [6.07, 6.45) is 4.26. The van der Waals surface area contributed by atoms with Crippen LogP contribution in [0.25, 0.3) is 5.69 Å². The number of ether oxygens (including phenoxy) is 2. The van der Waals surface area contributed by atoms with E-state index in [2.05, 4.69) is 9.88 Å². The largest absolute Gasteiger partial charge is 0.493 e. The van der Waals surface area contributed by atoms with Gasteiger partial charge in [-0.25, -0.2) is 0 Å². The van der Waals surface area contributed by atoms with E-state index in [1.165, 1.54) is 0 Å². The van der Waals surface area contributed by atoms with Crippen LogP contribution >= 0.6 is 0 Å². The van der Waals surface area contributed by atoms with E-state index < -0.39 is 0 Å². The Balaban J connectivity index is 1.51. The van der Waals surface area contributed by atoms with Crippen molar-refractivity contribution in [2.24, 2.45) is 5.92 Å². The molecule has 0 radical (unpaired) electrons. The maximum atomic E-state index is 13.3. The standard InChI is InChI=1S/C25H24N2O4/c1-30-23-13-19-21(14-24(23)31-2)27-11-3-4-20(27)18(12-22(19)28)15-7-9-17(10-8-15)26-25(29)16-5-6-16/h3-4,7-11,13-14,16,18H,5-6,12H2,1-2H3,(H,26,29)/t18-/m1/s1. The lowest BCUT2D eigenvalue weighted by atomic mass is 9.90. The molecule has 6 nitrogen and oxygen atoms in total. The van der Waals surface area contributed by atoms with Gasteiger partial charge in [0.25, 0.3) is 0 Å². The molecule has 1 fully saturated rings. The highest BCUT2D eigenvalue weighted by atomic mass is 16.5. The van der Waals surface area contributed by atoms with Crippen molar-refractivity contribution in [3.05, 3.63) is 71.5 Å². The molecule has 1 N–H and O–H groups in total. The van der Waals surface area contributed by atoms with Gasteiger partial charge < -0.3 is 19.4 Å². The van der Waals surface area contributed by atoms with Crippen LogP contribution in [0.4, 0.5) is 5.69 Å². The zero-order valence-electron chi connectivity index (χ0n) is 17.6. The molecule has 1 aliphatic heterocycles. The zero-order valence-corrected chi connectivity index (χ0v) is 17.6. The molecule has 1 aromatic heterocycles. The van der Waals surface area contributed by atoms with Crippen molar-refractivity contribution in [1.82, 2.24) is 4.57 Å². The Bertz CT molecular complexity index is 1160. The van der Waals surface area contributed by atoms with Gasteiger partial charge >= 0.3 is 0 Å². The highest BCUT2D eigenvalue weighted by molar-refractivity contribution is 6.01. The van der Waals surface area contributed by atoms with Gasteiger partial charge in [-0.05, 0) is 48.7 Å². The second-order valence-electron chi connectivity index (χ2n) is 8.09. The van der Waals surface area contributed by atoms with Crippen molar-refractivity contribution in [1.29, 1.82) is 0 Å². The predicted octanol–water partition coefficient (Wildman–Crippen LogP) is 4.56. The van der Waals surface area contributed by atoms with E-state index >= 15 is 0 Å². The van der Waals surface area contributed by atoms with Gasteiger partial charge in [-0.2, -0.15) is 0 Å². The first-order chi connectivity index (χ1) is 15.1. The van der Waals surface area contributed by atoms with Crippen LogP contribution in [0.5, 0.6) is 11.5 Å². The Hall–Kier alpha value is -3.54. The lowest BCUT2D eigenvalue weighted by Gasteiger charge is -2.17. The molecule has 2 heterocycles. The van der Waals surface area contributed by atoms with Gasteiger partial charge in [-0.1, -0.05) is 12.1 Å². The van der Waals surface area contributed by atoms with Crippen molar-refractivity contribution >= 4 is 17.4 Å². The van der Waals surface area contributed by atoms with Crippen LogP contribution < -0.4 is 14.8 Å². The van der Waals surface area contributed by atoms with Crippen LogP contribution in [0.3, 0.4) is 0 Å². The Morgan fingerprint density at radius 2 is 1.74 bits per heavy atom. The summed E-state index contributed by atoms with van der Waals surface area (Å²) in [4.78, 5) is 25.3. The third kappa shape index (κ3) is 3.48. The summed E-state index contributed by atoms with van der Waals surface area (Å²) in [6.45, 7) is 0. The zero-order chi connectivity index (χ0) is 21.5. The number of hydrogen-bond acceptors (Lipinski definition) is 4. The Morgan fingerprint density at radius 1 is 1.03 bits per heavy atom. The fourth-order valence-corrected chi connectivity index (χ4v) is 4.27. The molecule has 0 saturated heterocycles. The molecule has 1 amide bonds. The number of carbonyl (C=O) groups is 2. The van der Waals surface area contributed by atoms with Crippen LogP contribution in [0.1, 0.15) is 46.8 Å².